The van der Waals surface area contributed by atoms with E-state index in [9.17, 15) is 4.79 Å². The van der Waals surface area contributed by atoms with Gasteiger partial charge in [0.05, 0.1) is 0 Å². The van der Waals surface area contributed by atoms with Crippen LogP contribution < -0.4 is 5.73 Å². The molecule has 4 heteroatoms. The molecule has 2 aliphatic rings. The average molecular weight is 197 g/mol. The molecule has 0 bridgehead atoms. The molecule has 0 unspecified atom stereocenters. The van der Waals surface area contributed by atoms with Crippen LogP contribution >= 0.6 is 0 Å². The molecule has 4 nitrogen and oxygen atoms in total. The van der Waals surface area contributed by atoms with Gasteiger partial charge in [-0.2, -0.15) is 0 Å². The number of carbonyl (C=O) groups is 1. The highest BCUT2D eigenvalue weighted by Crippen LogP contribution is 2.24. The summed E-state index contributed by atoms with van der Waals surface area (Å²) in [5.74, 6) is 0. The van der Waals surface area contributed by atoms with E-state index in [2.05, 4.69) is 0 Å². The number of hydrogen-bond acceptors (Lipinski definition) is 2. The highest BCUT2D eigenvalue weighted by Gasteiger charge is 2.33. The van der Waals surface area contributed by atoms with Crippen molar-refractivity contribution in [3.05, 3.63) is 0 Å². The van der Waals surface area contributed by atoms with E-state index in [0.29, 0.717) is 12.1 Å². The Labute approximate surface area is 85.0 Å². The summed E-state index contributed by atoms with van der Waals surface area (Å²) in [5.41, 5.74) is 5.84. The molecular weight excluding hydrogens is 178 g/mol. The Morgan fingerprint density at radius 3 is 2.36 bits per heavy atom. The lowest BCUT2D eigenvalue weighted by Gasteiger charge is -2.32. The maximum atomic E-state index is 11.7. The maximum absolute atomic E-state index is 11.7. The van der Waals surface area contributed by atoms with E-state index in [-0.39, 0.29) is 6.03 Å². The number of urea groups is 1. The molecular formula is C10H19N3O. The molecule has 2 amide bonds. The molecule has 1 aliphatic heterocycles. The van der Waals surface area contributed by atoms with Crippen molar-refractivity contribution in [3.63, 3.8) is 0 Å². The highest BCUT2D eigenvalue weighted by molar-refractivity contribution is 5.76. The highest BCUT2D eigenvalue weighted by atomic mass is 16.2. The molecule has 1 saturated heterocycles. The number of nitrogens with two attached hydrogens (primary N) is 1. The van der Waals surface area contributed by atoms with Crippen LogP contribution in [0.2, 0.25) is 0 Å². The zero-order valence-corrected chi connectivity index (χ0v) is 8.78. The van der Waals surface area contributed by atoms with Gasteiger partial charge in [-0.05, 0) is 25.7 Å². The summed E-state index contributed by atoms with van der Waals surface area (Å²) >= 11 is 0. The lowest BCUT2D eigenvalue weighted by Crippen LogP contribution is -2.42. The average Bonchev–Trinajstić information content (AvgIpc) is 2.50. The zero-order valence-electron chi connectivity index (χ0n) is 8.78. The Bertz CT molecular complexity index is 223. The summed E-state index contributed by atoms with van der Waals surface area (Å²) in [4.78, 5) is 15.5. The minimum Gasteiger partial charge on any atom is -0.328 e. The molecule has 1 aliphatic carbocycles. The minimum absolute atomic E-state index is 0.200. The van der Waals surface area contributed by atoms with Gasteiger partial charge >= 0.3 is 6.03 Å². The minimum atomic E-state index is 0.200. The van der Waals surface area contributed by atoms with Gasteiger partial charge in [-0.15, -0.1) is 0 Å². The second kappa shape index (κ2) is 3.77. The van der Waals surface area contributed by atoms with Gasteiger partial charge in [0.2, 0.25) is 0 Å². The molecule has 0 spiro atoms. The number of carbonyl (C=O) groups excluding carboxylic acids is 1. The smallest absolute Gasteiger partial charge is 0.320 e. The van der Waals surface area contributed by atoms with Gasteiger partial charge in [0.15, 0.2) is 0 Å². The Morgan fingerprint density at radius 1 is 1.21 bits per heavy atom. The fourth-order valence-electron chi connectivity index (χ4n) is 2.42. The summed E-state index contributed by atoms with van der Waals surface area (Å²) in [7, 11) is 1.87. The van der Waals surface area contributed by atoms with Gasteiger partial charge in [0, 0.05) is 32.2 Å². The lowest BCUT2D eigenvalue weighted by molar-refractivity contribution is 0.164. The van der Waals surface area contributed by atoms with Crippen molar-refractivity contribution in [1.29, 1.82) is 0 Å². The summed E-state index contributed by atoms with van der Waals surface area (Å²) in [5, 5.41) is 0. The molecule has 2 fully saturated rings. The topological polar surface area (TPSA) is 49.6 Å². The molecule has 0 aromatic carbocycles. The van der Waals surface area contributed by atoms with Crippen molar-refractivity contribution in [2.75, 3.05) is 20.1 Å². The molecule has 0 aromatic heterocycles. The Balaban J connectivity index is 1.93. The van der Waals surface area contributed by atoms with Crippen LogP contribution in [0.4, 0.5) is 4.79 Å². The molecule has 14 heavy (non-hydrogen) atoms. The molecule has 0 aromatic rings. The summed E-state index contributed by atoms with van der Waals surface area (Å²) < 4.78 is 0. The lowest BCUT2D eigenvalue weighted by atomic mass is 9.91. The molecule has 80 valence electrons. The van der Waals surface area contributed by atoms with Crippen LogP contribution in [0.1, 0.15) is 25.7 Å². The second-order valence-corrected chi connectivity index (χ2v) is 4.47. The van der Waals surface area contributed by atoms with Crippen LogP contribution in [0.3, 0.4) is 0 Å². The standard InChI is InChI=1S/C10H19N3O/c1-12-6-7-13(10(12)14)9-4-2-8(11)3-5-9/h8-9H,2-7,11H2,1H3/t8-,9-. The van der Waals surface area contributed by atoms with Gasteiger partial charge in [0.25, 0.3) is 0 Å². The van der Waals surface area contributed by atoms with E-state index in [1.165, 1.54) is 0 Å². The van der Waals surface area contributed by atoms with E-state index in [4.69, 9.17) is 5.73 Å². The molecule has 2 rings (SSSR count). The Morgan fingerprint density at radius 2 is 1.86 bits per heavy atom. The maximum Gasteiger partial charge on any atom is 0.320 e. The summed E-state index contributed by atoms with van der Waals surface area (Å²) in [6.45, 7) is 1.77. The second-order valence-electron chi connectivity index (χ2n) is 4.47. The number of likely N-dealkylation sites (N-methyl/N-ethyl adjacent to an activating group) is 1. The van der Waals surface area contributed by atoms with E-state index in [1.807, 2.05) is 11.9 Å². The summed E-state index contributed by atoms with van der Waals surface area (Å²) in [6.07, 6.45) is 4.30. The SMILES string of the molecule is CN1CCN([C@H]2CC[C@H](N)CC2)C1=O. The first-order valence-corrected chi connectivity index (χ1v) is 5.46. The number of amides is 2. The Hall–Kier alpha value is -0.770. The predicted octanol–water partition coefficient (Wildman–Crippen LogP) is 0.624. The van der Waals surface area contributed by atoms with Gasteiger partial charge in [-0.3, -0.25) is 0 Å². The van der Waals surface area contributed by atoms with Gasteiger partial charge in [-0.1, -0.05) is 0 Å². The van der Waals surface area contributed by atoms with Crippen LogP contribution in [0.15, 0.2) is 0 Å². The van der Waals surface area contributed by atoms with Crippen molar-refractivity contribution >= 4 is 6.03 Å². The normalized spacial score (nSPS) is 34.0. The molecule has 0 atom stereocenters. The number of rotatable bonds is 1. The molecule has 1 saturated carbocycles. The van der Waals surface area contributed by atoms with Crippen molar-refractivity contribution in [3.8, 4) is 0 Å². The largest absolute Gasteiger partial charge is 0.328 e. The van der Waals surface area contributed by atoms with E-state index >= 15 is 0 Å². The molecule has 0 radical (unpaired) electrons. The molecule has 2 N–H and O–H groups in total. The first kappa shape index (κ1) is 9.77. The van der Waals surface area contributed by atoms with Crippen LogP contribution in [0.5, 0.6) is 0 Å². The van der Waals surface area contributed by atoms with Gasteiger partial charge in [-0.25, -0.2) is 4.79 Å². The Kier molecular flexibility index (Phi) is 2.63. The fraction of sp³-hybridized carbons (Fsp3) is 0.900. The van der Waals surface area contributed by atoms with Crippen LogP contribution in [-0.2, 0) is 0 Å². The monoisotopic (exact) mass is 197 g/mol. The third-order valence-corrected chi connectivity index (χ3v) is 3.43. The number of nitrogens with zero attached hydrogens (tertiary/aromatic N) is 2. The fourth-order valence-corrected chi connectivity index (χ4v) is 2.42. The van der Waals surface area contributed by atoms with Crippen LogP contribution in [-0.4, -0.2) is 48.1 Å². The third-order valence-electron chi connectivity index (χ3n) is 3.43. The molecule has 1 heterocycles. The predicted molar refractivity (Wildman–Crippen MR) is 55.0 cm³/mol. The van der Waals surface area contributed by atoms with Crippen molar-refractivity contribution in [2.45, 2.75) is 37.8 Å². The van der Waals surface area contributed by atoms with E-state index < -0.39 is 0 Å². The van der Waals surface area contributed by atoms with Crippen molar-refractivity contribution < 1.29 is 4.79 Å². The quantitative estimate of drug-likeness (QED) is 0.670. The first-order chi connectivity index (χ1) is 6.68. The van der Waals surface area contributed by atoms with Crippen LogP contribution in [0.25, 0.3) is 0 Å². The van der Waals surface area contributed by atoms with Crippen LogP contribution in [0, 0.1) is 0 Å². The van der Waals surface area contributed by atoms with E-state index in [0.717, 1.165) is 38.8 Å². The zero-order chi connectivity index (χ0) is 10.1. The third kappa shape index (κ3) is 1.71. The first-order valence-electron chi connectivity index (χ1n) is 5.46. The van der Waals surface area contributed by atoms with Gasteiger partial charge < -0.3 is 15.5 Å². The van der Waals surface area contributed by atoms with E-state index in [1.54, 1.807) is 4.90 Å². The van der Waals surface area contributed by atoms with Gasteiger partial charge in [0.1, 0.15) is 0 Å². The number of hydrogen-bond donors (Lipinski definition) is 1. The van der Waals surface area contributed by atoms with Crippen molar-refractivity contribution in [1.82, 2.24) is 9.80 Å². The summed E-state index contributed by atoms with van der Waals surface area (Å²) in [6, 6.07) is 1.01. The van der Waals surface area contributed by atoms with Crippen molar-refractivity contribution in [2.24, 2.45) is 5.73 Å².